The summed E-state index contributed by atoms with van der Waals surface area (Å²) in [7, 11) is -1.60. The molecule has 0 aliphatic carbocycles. The van der Waals surface area contributed by atoms with Gasteiger partial charge in [0.1, 0.15) is 0 Å². The molecule has 0 aromatic carbocycles. The first-order valence-electron chi connectivity index (χ1n) is 5.01. The molecule has 0 aliphatic heterocycles. The molecule has 1 aromatic rings. The van der Waals surface area contributed by atoms with Gasteiger partial charge >= 0.3 is 0 Å². The van der Waals surface area contributed by atoms with Crippen LogP contribution in [0, 0.1) is 0 Å². The molecule has 16 heavy (non-hydrogen) atoms. The molecule has 0 spiro atoms. The number of hydrogen-bond donors (Lipinski definition) is 0. The normalized spacial score (nSPS) is 14.2. The number of rotatable bonds is 6. The summed E-state index contributed by atoms with van der Waals surface area (Å²) in [6, 6.07) is 3.95. The third-order valence-electron chi connectivity index (χ3n) is 2.47. The fourth-order valence-electron chi connectivity index (χ4n) is 1.36. The first kappa shape index (κ1) is 14.0. The Morgan fingerprint density at radius 1 is 1.56 bits per heavy atom. The molecule has 1 heterocycles. The van der Waals surface area contributed by atoms with Crippen molar-refractivity contribution < 1.29 is 8.42 Å². The molecule has 6 heteroatoms. The Labute approximate surface area is 106 Å². The number of halogens is 1. The monoisotopic (exact) mass is 281 g/mol. The van der Waals surface area contributed by atoms with E-state index in [1.165, 1.54) is 9.18 Å². The summed E-state index contributed by atoms with van der Waals surface area (Å²) in [6.07, 6.45) is 0.746. The Morgan fingerprint density at radius 3 is 2.75 bits per heavy atom. The van der Waals surface area contributed by atoms with E-state index in [2.05, 4.69) is 0 Å². The van der Waals surface area contributed by atoms with Crippen molar-refractivity contribution in [2.75, 3.05) is 18.7 Å². The van der Waals surface area contributed by atoms with Crippen LogP contribution in [0.15, 0.2) is 17.5 Å². The van der Waals surface area contributed by atoms with Crippen molar-refractivity contribution in [2.24, 2.45) is 0 Å². The van der Waals surface area contributed by atoms with Gasteiger partial charge in [0.25, 0.3) is 0 Å². The van der Waals surface area contributed by atoms with E-state index in [0.29, 0.717) is 0 Å². The lowest BCUT2D eigenvalue weighted by Crippen LogP contribution is -2.38. The number of nitrogens with zero attached hydrogens (tertiary/aromatic N) is 1. The molecular formula is C10H16ClNO2S2. The summed E-state index contributed by atoms with van der Waals surface area (Å²) in [5.41, 5.74) is 0. The minimum atomic E-state index is -3.21. The average Bonchev–Trinajstić information content (AvgIpc) is 2.69. The Morgan fingerprint density at radius 2 is 2.25 bits per heavy atom. The first-order valence-corrected chi connectivity index (χ1v) is 8.03. The Kier molecular flexibility index (Phi) is 5.24. The van der Waals surface area contributed by atoms with Crippen molar-refractivity contribution in [1.29, 1.82) is 0 Å². The molecule has 1 atom stereocenters. The number of alkyl halides is 1. The third-order valence-corrected chi connectivity index (χ3v) is 5.74. The van der Waals surface area contributed by atoms with Gasteiger partial charge in [-0.1, -0.05) is 6.07 Å². The molecule has 0 saturated carbocycles. The summed E-state index contributed by atoms with van der Waals surface area (Å²) >= 11 is 7.12. The summed E-state index contributed by atoms with van der Waals surface area (Å²) in [5, 5.41) is 2.00. The van der Waals surface area contributed by atoms with Crippen molar-refractivity contribution in [2.45, 2.75) is 19.4 Å². The van der Waals surface area contributed by atoms with Crippen LogP contribution in [-0.2, 0) is 16.4 Å². The molecule has 0 N–H and O–H groups in total. The topological polar surface area (TPSA) is 37.4 Å². The van der Waals surface area contributed by atoms with Crippen molar-refractivity contribution >= 4 is 33.0 Å². The van der Waals surface area contributed by atoms with Gasteiger partial charge in [-0.25, -0.2) is 12.7 Å². The molecule has 3 nitrogen and oxygen atoms in total. The van der Waals surface area contributed by atoms with Crippen molar-refractivity contribution in [1.82, 2.24) is 4.31 Å². The van der Waals surface area contributed by atoms with Crippen LogP contribution in [-0.4, -0.2) is 37.4 Å². The van der Waals surface area contributed by atoms with Crippen molar-refractivity contribution in [3.63, 3.8) is 0 Å². The Hall–Kier alpha value is -0.100. The highest BCUT2D eigenvalue weighted by molar-refractivity contribution is 7.89. The summed E-state index contributed by atoms with van der Waals surface area (Å²) in [5.74, 6) is 0.137. The number of sulfonamides is 1. The lowest BCUT2D eigenvalue weighted by molar-refractivity contribution is 0.389. The third kappa shape index (κ3) is 3.73. The molecule has 92 valence electrons. The van der Waals surface area contributed by atoms with Crippen LogP contribution in [0.3, 0.4) is 0 Å². The van der Waals surface area contributed by atoms with Gasteiger partial charge < -0.3 is 0 Å². The van der Waals surface area contributed by atoms with Crippen LogP contribution in [0.5, 0.6) is 0 Å². The second kappa shape index (κ2) is 6.00. The molecule has 0 aliphatic rings. The van der Waals surface area contributed by atoms with Gasteiger partial charge in [-0.05, 0) is 24.8 Å². The maximum Gasteiger partial charge on any atom is 0.215 e. The fourth-order valence-corrected chi connectivity index (χ4v) is 3.88. The molecule has 0 radical (unpaired) electrons. The van der Waals surface area contributed by atoms with E-state index in [-0.39, 0.29) is 17.7 Å². The zero-order chi connectivity index (χ0) is 12.2. The lowest BCUT2D eigenvalue weighted by Gasteiger charge is -2.23. The maximum atomic E-state index is 11.7. The largest absolute Gasteiger partial charge is 0.215 e. The van der Waals surface area contributed by atoms with Crippen LogP contribution in [0.4, 0.5) is 0 Å². The quantitative estimate of drug-likeness (QED) is 0.750. The van der Waals surface area contributed by atoms with Crippen LogP contribution < -0.4 is 0 Å². The highest BCUT2D eigenvalue weighted by Gasteiger charge is 2.22. The molecule has 0 bridgehead atoms. The molecule has 1 aromatic heterocycles. The van der Waals surface area contributed by atoms with Gasteiger partial charge in [-0.3, -0.25) is 0 Å². The van der Waals surface area contributed by atoms with Crippen LogP contribution >= 0.6 is 22.9 Å². The average molecular weight is 282 g/mol. The summed E-state index contributed by atoms with van der Waals surface area (Å²) in [4.78, 5) is 1.19. The Balaban J connectivity index is 2.63. The molecule has 1 rings (SSSR count). The standard InChI is InChI=1S/C10H16ClNO2S2/c1-9(8-10-4-3-6-15-10)12(2)16(13,14)7-5-11/h3-4,6,9H,5,7-8H2,1-2H3. The van der Waals surface area contributed by atoms with E-state index in [4.69, 9.17) is 11.6 Å². The summed E-state index contributed by atoms with van der Waals surface area (Å²) < 4.78 is 24.9. The van der Waals surface area contributed by atoms with Crippen LogP contribution in [0.1, 0.15) is 11.8 Å². The summed E-state index contributed by atoms with van der Waals surface area (Å²) in [6.45, 7) is 1.91. The number of thiophene rings is 1. The van der Waals surface area contributed by atoms with E-state index < -0.39 is 10.0 Å². The highest BCUT2D eigenvalue weighted by atomic mass is 35.5. The van der Waals surface area contributed by atoms with Gasteiger partial charge in [0, 0.05) is 23.8 Å². The predicted octanol–water partition coefficient (Wildman–Crippen LogP) is 2.18. The maximum absolute atomic E-state index is 11.7. The van der Waals surface area contributed by atoms with E-state index >= 15 is 0 Å². The second-order valence-electron chi connectivity index (χ2n) is 3.65. The minimum Gasteiger partial charge on any atom is -0.212 e. The van der Waals surface area contributed by atoms with E-state index in [9.17, 15) is 8.42 Å². The van der Waals surface area contributed by atoms with Gasteiger partial charge in [-0.2, -0.15) is 0 Å². The van der Waals surface area contributed by atoms with Gasteiger partial charge in [0.15, 0.2) is 0 Å². The van der Waals surface area contributed by atoms with Gasteiger partial charge in [-0.15, -0.1) is 22.9 Å². The molecule has 0 fully saturated rings. The smallest absolute Gasteiger partial charge is 0.212 e. The second-order valence-corrected chi connectivity index (χ2v) is 7.21. The van der Waals surface area contributed by atoms with E-state index in [1.54, 1.807) is 18.4 Å². The van der Waals surface area contributed by atoms with E-state index in [1.807, 2.05) is 24.4 Å². The molecule has 0 saturated heterocycles. The van der Waals surface area contributed by atoms with Crippen LogP contribution in [0.2, 0.25) is 0 Å². The zero-order valence-electron chi connectivity index (χ0n) is 9.39. The predicted molar refractivity (Wildman–Crippen MR) is 69.8 cm³/mol. The fraction of sp³-hybridized carbons (Fsp3) is 0.600. The first-order chi connectivity index (χ1) is 7.47. The Bertz CT molecular complexity index is 402. The van der Waals surface area contributed by atoms with Gasteiger partial charge in [0.05, 0.1) is 5.75 Å². The van der Waals surface area contributed by atoms with Crippen LogP contribution in [0.25, 0.3) is 0 Å². The highest BCUT2D eigenvalue weighted by Crippen LogP contribution is 2.15. The number of likely N-dealkylation sites (N-methyl/N-ethyl adjacent to an activating group) is 1. The zero-order valence-corrected chi connectivity index (χ0v) is 11.8. The van der Waals surface area contributed by atoms with E-state index in [0.717, 1.165) is 6.42 Å². The van der Waals surface area contributed by atoms with Crippen molar-refractivity contribution in [3.05, 3.63) is 22.4 Å². The number of hydrogen-bond acceptors (Lipinski definition) is 3. The molecular weight excluding hydrogens is 266 g/mol. The van der Waals surface area contributed by atoms with Crippen molar-refractivity contribution in [3.8, 4) is 0 Å². The van der Waals surface area contributed by atoms with Gasteiger partial charge in [0.2, 0.25) is 10.0 Å². The molecule has 1 unspecified atom stereocenters. The molecule has 0 amide bonds. The minimum absolute atomic E-state index is 0.000163. The lowest BCUT2D eigenvalue weighted by atomic mass is 10.2. The SMILES string of the molecule is CC(Cc1cccs1)N(C)S(=O)(=O)CCCl.